The van der Waals surface area contributed by atoms with E-state index in [1.54, 1.807) is 0 Å². The monoisotopic (exact) mass is 189 g/mol. The maximum atomic E-state index is 4.33. The normalized spacial score (nSPS) is 17.3. The largest absolute Gasteiger partial charge is 0.260 e. The van der Waals surface area contributed by atoms with E-state index in [1.807, 2.05) is 20.1 Å². The van der Waals surface area contributed by atoms with Gasteiger partial charge in [0.2, 0.25) is 0 Å². The van der Waals surface area contributed by atoms with Crippen LogP contribution in [0.4, 0.5) is 5.69 Å². The van der Waals surface area contributed by atoms with Crippen LogP contribution in [-0.2, 0) is 6.42 Å². The molecule has 0 spiro atoms. The molecule has 1 aliphatic heterocycles. The Kier molecular flexibility index (Phi) is 3.87. The highest BCUT2D eigenvalue weighted by Crippen LogP contribution is 2.32. The van der Waals surface area contributed by atoms with Crippen molar-refractivity contribution in [2.24, 2.45) is 4.99 Å². The predicted molar refractivity (Wildman–Crippen MR) is 63.7 cm³/mol. The molecule has 1 atom stereocenters. The van der Waals surface area contributed by atoms with Gasteiger partial charge in [-0.2, -0.15) is 0 Å². The van der Waals surface area contributed by atoms with Gasteiger partial charge in [0.25, 0.3) is 0 Å². The summed E-state index contributed by atoms with van der Waals surface area (Å²) in [6, 6.07) is 6.55. The minimum atomic E-state index is 0.506. The van der Waals surface area contributed by atoms with Crippen molar-refractivity contribution < 1.29 is 0 Å². The summed E-state index contributed by atoms with van der Waals surface area (Å²) in [6.07, 6.45) is 3.13. The topological polar surface area (TPSA) is 12.4 Å². The molecule has 76 valence electrons. The summed E-state index contributed by atoms with van der Waals surface area (Å²) in [4.78, 5) is 4.33. The van der Waals surface area contributed by atoms with E-state index in [2.05, 4.69) is 37.0 Å². The Morgan fingerprint density at radius 1 is 1.29 bits per heavy atom. The van der Waals surface area contributed by atoms with E-state index >= 15 is 0 Å². The summed E-state index contributed by atoms with van der Waals surface area (Å²) in [5.41, 5.74) is 3.94. The molecule has 1 nitrogen and oxygen atoms in total. The number of aryl methyl sites for hydroxylation is 1. The lowest BCUT2D eigenvalue weighted by molar-refractivity contribution is 1.05. The minimum absolute atomic E-state index is 0.506. The first kappa shape index (κ1) is 11.0. The SMILES string of the molecule is CC.CCc1ccc2c(c1)C(C)C=N2. The third-order valence-electron chi connectivity index (χ3n) is 2.43. The average Bonchev–Trinajstić information content (AvgIpc) is 2.63. The Labute approximate surface area is 86.9 Å². The standard InChI is InChI=1S/C11H13N.C2H6/c1-3-9-4-5-11-10(6-9)8(2)7-12-11;1-2/h4-8H,3H2,1-2H3;1-2H3. The third kappa shape index (κ3) is 2.03. The van der Waals surface area contributed by atoms with E-state index in [0.717, 1.165) is 12.1 Å². The lowest BCUT2D eigenvalue weighted by Gasteiger charge is -2.04. The van der Waals surface area contributed by atoms with E-state index in [9.17, 15) is 0 Å². The number of hydrogen-bond donors (Lipinski definition) is 0. The highest BCUT2D eigenvalue weighted by molar-refractivity contribution is 5.80. The van der Waals surface area contributed by atoms with Gasteiger partial charge in [-0.15, -0.1) is 0 Å². The smallest absolute Gasteiger partial charge is 0.0664 e. The highest BCUT2D eigenvalue weighted by Gasteiger charge is 2.13. The lowest BCUT2D eigenvalue weighted by Crippen LogP contribution is -1.89. The Morgan fingerprint density at radius 3 is 2.64 bits per heavy atom. The summed E-state index contributed by atoms with van der Waals surface area (Å²) in [5.74, 6) is 0.506. The molecule has 14 heavy (non-hydrogen) atoms. The molecule has 0 radical (unpaired) electrons. The van der Waals surface area contributed by atoms with Gasteiger partial charge in [0.1, 0.15) is 0 Å². The molecule has 0 N–H and O–H groups in total. The molecule has 0 bridgehead atoms. The van der Waals surface area contributed by atoms with Crippen molar-refractivity contribution in [3.63, 3.8) is 0 Å². The van der Waals surface area contributed by atoms with E-state index in [4.69, 9.17) is 0 Å². The summed E-state index contributed by atoms with van der Waals surface area (Å²) in [7, 11) is 0. The second-order valence-electron chi connectivity index (χ2n) is 3.31. The van der Waals surface area contributed by atoms with Crippen LogP contribution in [0.3, 0.4) is 0 Å². The fourth-order valence-corrected chi connectivity index (χ4v) is 1.58. The maximum Gasteiger partial charge on any atom is 0.0664 e. The zero-order valence-electron chi connectivity index (χ0n) is 9.54. The van der Waals surface area contributed by atoms with Crippen molar-refractivity contribution in [1.29, 1.82) is 0 Å². The van der Waals surface area contributed by atoms with Gasteiger partial charge in [0.05, 0.1) is 5.69 Å². The molecule has 0 saturated carbocycles. The van der Waals surface area contributed by atoms with Crippen LogP contribution in [0.2, 0.25) is 0 Å². The van der Waals surface area contributed by atoms with E-state index in [1.165, 1.54) is 11.1 Å². The van der Waals surface area contributed by atoms with Gasteiger partial charge in [-0.3, -0.25) is 4.99 Å². The first-order valence-corrected chi connectivity index (χ1v) is 5.48. The van der Waals surface area contributed by atoms with E-state index in [0.29, 0.717) is 5.92 Å². The minimum Gasteiger partial charge on any atom is -0.260 e. The van der Waals surface area contributed by atoms with Crippen molar-refractivity contribution in [2.75, 3.05) is 0 Å². The van der Waals surface area contributed by atoms with Gasteiger partial charge in [-0.1, -0.05) is 39.8 Å². The Morgan fingerprint density at radius 2 is 2.00 bits per heavy atom. The number of fused-ring (bicyclic) bond motifs is 1. The number of aliphatic imine (C=N–C) groups is 1. The van der Waals surface area contributed by atoms with Gasteiger partial charge in [0, 0.05) is 12.1 Å². The van der Waals surface area contributed by atoms with Crippen LogP contribution in [0.5, 0.6) is 0 Å². The molecule has 1 aromatic carbocycles. The number of nitrogens with zero attached hydrogens (tertiary/aromatic N) is 1. The Bertz CT molecular complexity index is 326. The van der Waals surface area contributed by atoms with E-state index < -0.39 is 0 Å². The van der Waals surface area contributed by atoms with Crippen LogP contribution in [0.1, 0.15) is 44.7 Å². The number of benzene rings is 1. The third-order valence-corrected chi connectivity index (χ3v) is 2.43. The quantitative estimate of drug-likeness (QED) is 0.631. The molecular weight excluding hydrogens is 170 g/mol. The van der Waals surface area contributed by atoms with Crippen LogP contribution in [0.25, 0.3) is 0 Å². The van der Waals surface area contributed by atoms with Crippen molar-refractivity contribution in [3.8, 4) is 0 Å². The van der Waals surface area contributed by atoms with Crippen molar-refractivity contribution >= 4 is 11.9 Å². The average molecular weight is 189 g/mol. The Balaban J connectivity index is 0.000000461. The first-order valence-electron chi connectivity index (χ1n) is 5.48. The molecular formula is C13H19N. The molecule has 2 rings (SSSR count). The van der Waals surface area contributed by atoms with Crippen LogP contribution in [0.15, 0.2) is 23.2 Å². The maximum absolute atomic E-state index is 4.33. The molecule has 1 aliphatic rings. The number of rotatable bonds is 1. The van der Waals surface area contributed by atoms with Gasteiger partial charge >= 0.3 is 0 Å². The molecule has 1 heterocycles. The first-order chi connectivity index (χ1) is 6.81. The van der Waals surface area contributed by atoms with E-state index in [-0.39, 0.29) is 0 Å². The molecule has 1 unspecified atom stereocenters. The summed E-state index contributed by atoms with van der Waals surface area (Å²) in [6.45, 7) is 8.37. The predicted octanol–water partition coefficient (Wildman–Crippen LogP) is 4.09. The van der Waals surface area contributed by atoms with Crippen molar-refractivity contribution in [1.82, 2.24) is 0 Å². The fraction of sp³-hybridized carbons (Fsp3) is 0.462. The molecule has 0 aromatic heterocycles. The van der Waals surface area contributed by atoms with Gasteiger partial charge in [0.15, 0.2) is 0 Å². The molecule has 1 heteroatoms. The van der Waals surface area contributed by atoms with Crippen molar-refractivity contribution in [2.45, 2.75) is 40.0 Å². The molecule has 0 fully saturated rings. The van der Waals surface area contributed by atoms with Crippen molar-refractivity contribution in [3.05, 3.63) is 29.3 Å². The Hall–Kier alpha value is -1.11. The summed E-state index contributed by atoms with van der Waals surface area (Å²) >= 11 is 0. The number of hydrogen-bond acceptors (Lipinski definition) is 1. The molecule has 1 aromatic rings. The molecule has 0 aliphatic carbocycles. The van der Waals surface area contributed by atoms with Crippen LogP contribution >= 0.6 is 0 Å². The molecule has 0 amide bonds. The highest BCUT2D eigenvalue weighted by atomic mass is 14.8. The van der Waals surface area contributed by atoms with Gasteiger partial charge in [-0.05, 0) is 23.6 Å². The van der Waals surface area contributed by atoms with Crippen LogP contribution < -0.4 is 0 Å². The van der Waals surface area contributed by atoms with Crippen LogP contribution in [-0.4, -0.2) is 6.21 Å². The second-order valence-corrected chi connectivity index (χ2v) is 3.31. The molecule has 0 saturated heterocycles. The van der Waals surface area contributed by atoms with Crippen LogP contribution in [0, 0.1) is 0 Å². The van der Waals surface area contributed by atoms with Gasteiger partial charge < -0.3 is 0 Å². The second kappa shape index (κ2) is 4.94. The summed E-state index contributed by atoms with van der Waals surface area (Å²) in [5, 5.41) is 0. The zero-order valence-corrected chi connectivity index (χ0v) is 9.54. The van der Waals surface area contributed by atoms with Gasteiger partial charge in [-0.25, -0.2) is 0 Å². The fourth-order valence-electron chi connectivity index (χ4n) is 1.58. The zero-order chi connectivity index (χ0) is 10.6. The lowest BCUT2D eigenvalue weighted by atomic mass is 10.00. The summed E-state index contributed by atoms with van der Waals surface area (Å²) < 4.78 is 0.